The summed E-state index contributed by atoms with van der Waals surface area (Å²) >= 11 is 5.51. The summed E-state index contributed by atoms with van der Waals surface area (Å²) < 4.78 is 0. The van der Waals surface area contributed by atoms with Crippen molar-refractivity contribution < 1.29 is 9.90 Å². The molecule has 1 heterocycles. The van der Waals surface area contributed by atoms with Crippen molar-refractivity contribution in [3.8, 4) is 0 Å². The standard InChI is InChI=1S/C6H3ClN4O2/c7-3-1-2-4(10-11-8)9-5(3)6(12)13/h1-2H,(H,12,13). The maximum atomic E-state index is 10.5. The lowest BCUT2D eigenvalue weighted by Gasteiger charge is -1.97. The molecule has 1 rings (SSSR count). The van der Waals surface area contributed by atoms with Crippen molar-refractivity contribution in [1.82, 2.24) is 4.98 Å². The Morgan fingerprint density at radius 1 is 1.69 bits per heavy atom. The molecule has 1 aromatic heterocycles. The van der Waals surface area contributed by atoms with Gasteiger partial charge in [0.15, 0.2) is 5.69 Å². The number of azide groups is 1. The fourth-order valence-electron chi connectivity index (χ4n) is 0.683. The van der Waals surface area contributed by atoms with E-state index in [2.05, 4.69) is 15.0 Å². The van der Waals surface area contributed by atoms with Crippen LogP contribution in [0, 0.1) is 0 Å². The first-order valence-electron chi connectivity index (χ1n) is 3.10. The Bertz CT molecular complexity index is 400. The van der Waals surface area contributed by atoms with Crippen LogP contribution in [0.5, 0.6) is 0 Å². The van der Waals surface area contributed by atoms with Crippen molar-refractivity contribution >= 4 is 23.4 Å². The highest BCUT2D eigenvalue weighted by atomic mass is 35.5. The number of aromatic carboxylic acids is 1. The van der Waals surface area contributed by atoms with Gasteiger partial charge in [0.25, 0.3) is 0 Å². The summed E-state index contributed by atoms with van der Waals surface area (Å²) in [7, 11) is 0. The second-order valence-electron chi connectivity index (χ2n) is 1.99. The Kier molecular flexibility index (Phi) is 2.69. The quantitative estimate of drug-likeness (QED) is 0.449. The van der Waals surface area contributed by atoms with Gasteiger partial charge in [-0.1, -0.05) is 11.6 Å². The maximum Gasteiger partial charge on any atom is 0.356 e. The Morgan fingerprint density at radius 2 is 2.38 bits per heavy atom. The van der Waals surface area contributed by atoms with Crippen LogP contribution in [0.1, 0.15) is 10.5 Å². The summed E-state index contributed by atoms with van der Waals surface area (Å²) in [4.78, 5) is 16.5. The Balaban J connectivity index is 3.26. The number of aromatic nitrogens is 1. The van der Waals surface area contributed by atoms with Crippen molar-refractivity contribution in [3.05, 3.63) is 33.3 Å². The van der Waals surface area contributed by atoms with Gasteiger partial charge in [-0.25, -0.2) is 9.78 Å². The van der Waals surface area contributed by atoms with Gasteiger partial charge in [-0.3, -0.25) is 0 Å². The molecule has 13 heavy (non-hydrogen) atoms. The molecule has 0 unspecified atom stereocenters. The van der Waals surface area contributed by atoms with Gasteiger partial charge in [-0.05, 0) is 22.8 Å². The third kappa shape index (κ3) is 2.08. The summed E-state index contributed by atoms with van der Waals surface area (Å²) in [6, 6.07) is 2.64. The summed E-state index contributed by atoms with van der Waals surface area (Å²) in [5.41, 5.74) is 7.73. The summed E-state index contributed by atoms with van der Waals surface area (Å²) in [5.74, 6) is -1.29. The normalized spacial score (nSPS) is 9.00. The predicted octanol–water partition coefficient (Wildman–Crippen LogP) is 2.38. The average Bonchev–Trinajstić information content (AvgIpc) is 2.08. The number of carbonyl (C=O) groups is 1. The largest absolute Gasteiger partial charge is 0.476 e. The van der Waals surface area contributed by atoms with Gasteiger partial charge >= 0.3 is 5.97 Å². The highest BCUT2D eigenvalue weighted by Crippen LogP contribution is 2.18. The molecule has 0 spiro atoms. The fourth-order valence-corrected chi connectivity index (χ4v) is 0.869. The molecule has 0 aliphatic carbocycles. The smallest absolute Gasteiger partial charge is 0.356 e. The minimum Gasteiger partial charge on any atom is -0.476 e. The zero-order chi connectivity index (χ0) is 9.84. The van der Waals surface area contributed by atoms with Crippen molar-refractivity contribution in [2.45, 2.75) is 0 Å². The van der Waals surface area contributed by atoms with E-state index in [1.54, 1.807) is 0 Å². The van der Waals surface area contributed by atoms with Crippen LogP contribution in [0.2, 0.25) is 5.02 Å². The van der Waals surface area contributed by atoms with Crippen LogP contribution in [-0.2, 0) is 0 Å². The first kappa shape index (κ1) is 9.31. The monoisotopic (exact) mass is 198 g/mol. The van der Waals surface area contributed by atoms with Gasteiger partial charge < -0.3 is 5.11 Å². The van der Waals surface area contributed by atoms with E-state index in [1.807, 2.05) is 0 Å². The van der Waals surface area contributed by atoms with Crippen molar-refractivity contribution in [2.75, 3.05) is 0 Å². The lowest BCUT2D eigenvalue weighted by Crippen LogP contribution is -2.00. The topological polar surface area (TPSA) is 99.0 Å². The Hall–Kier alpha value is -1.78. The molecule has 0 fully saturated rings. The molecule has 0 aromatic carbocycles. The van der Waals surface area contributed by atoms with E-state index in [1.165, 1.54) is 12.1 Å². The van der Waals surface area contributed by atoms with Crippen LogP contribution in [0.25, 0.3) is 10.4 Å². The van der Waals surface area contributed by atoms with Crippen LogP contribution in [0.3, 0.4) is 0 Å². The molecule has 0 saturated heterocycles. The van der Waals surface area contributed by atoms with Gasteiger partial charge in [0.2, 0.25) is 0 Å². The van der Waals surface area contributed by atoms with E-state index >= 15 is 0 Å². The number of carboxylic acids is 1. The van der Waals surface area contributed by atoms with E-state index in [-0.39, 0.29) is 16.5 Å². The highest BCUT2D eigenvalue weighted by Gasteiger charge is 2.10. The van der Waals surface area contributed by atoms with Gasteiger partial charge in [0.1, 0.15) is 5.82 Å². The van der Waals surface area contributed by atoms with E-state index in [9.17, 15) is 4.79 Å². The number of rotatable bonds is 2. The summed E-state index contributed by atoms with van der Waals surface area (Å²) in [6.07, 6.45) is 0. The molecule has 0 radical (unpaired) electrons. The first-order chi connectivity index (χ1) is 6.15. The molecule has 0 saturated carbocycles. The number of hydrogen-bond acceptors (Lipinski definition) is 3. The fraction of sp³-hybridized carbons (Fsp3) is 0. The van der Waals surface area contributed by atoms with E-state index < -0.39 is 5.97 Å². The lowest BCUT2D eigenvalue weighted by molar-refractivity contribution is 0.0691. The predicted molar refractivity (Wildman–Crippen MR) is 45.0 cm³/mol. The molecule has 0 aliphatic heterocycles. The molecule has 7 heteroatoms. The molecule has 0 amide bonds. The Morgan fingerprint density at radius 3 is 2.92 bits per heavy atom. The molecule has 0 bridgehead atoms. The van der Waals surface area contributed by atoms with Crippen LogP contribution in [0.15, 0.2) is 17.2 Å². The number of carboxylic acid groups (broad SMARTS) is 1. The number of halogens is 1. The minimum atomic E-state index is -1.26. The van der Waals surface area contributed by atoms with E-state index in [4.69, 9.17) is 22.2 Å². The maximum absolute atomic E-state index is 10.5. The third-order valence-corrected chi connectivity index (χ3v) is 1.49. The van der Waals surface area contributed by atoms with Gasteiger partial charge in [0, 0.05) is 4.91 Å². The molecule has 0 aliphatic rings. The van der Waals surface area contributed by atoms with E-state index in [0.29, 0.717) is 0 Å². The van der Waals surface area contributed by atoms with Gasteiger partial charge in [-0.2, -0.15) is 0 Å². The van der Waals surface area contributed by atoms with Crippen LogP contribution in [-0.4, -0.2) is 16.1 Å². The average molecular weight is 199 g/mol. The highest BCUT2D eigenvalue weighted by molar-refractivity contribution is 6.33. The van der Waals surface area contributed by atoms with Crippen LogP contribution < -0.4 is 0 Å². The SMILES string of the molecule is [N-]=[N+]=Nc1ccc(Cl)c(C(=O)O)n1. The van der Waals surface area contributed by atoms with Crippen molar-refractivity contribution in [1.29, 1.82) is 0 Å². The number of pyridine rings is 1. The van der Waals surface area contributed by atoms with Crippen LogP contribution in [0.4, 0.5) is 5.82 Å². The van der Waals surface area contributed by atoms with Crippen molar-refractivity contribution in [3.63, 3.8) is 0 Å². The summed E-state index contributed by atoms with van der Waals surface area (Å²) in [5, 5.41) is 11.7. The molecule has 6 nitrogen and oxygen atoms in total. The molecular weight excluding hydrogens is 196 g/mol. The zero-order valence-electron chi connectivity index (χ0n) is 6.18. The lowest BCUT2D eigenvalue weighted by atomic mass is 10.3. The second-order valence-corrected chi connectivity index (χ2v) is 2.40. The molecule has 1 N–H and O–H groups in total. The molecular formula is C6H3ClN4O2. The second kappa shape index (κ2) is 3.75. The van der Waals surface area contributed by atoms with Gasteiger partial charge in [-0.15, -0.1) is 0 Å². The molecule has 1 aromatic rings. The van der Waals surface area contributed by atoms with Crippen molar-refractivity contribution in [2.24, 2.45) is 5.11 Å². The van der Waals surface area contributed by atoms with Crippen LogP contribution >= 0.6 is 11.6 Å². The summed E-state index contributed by atoms with van der Waals surface area (Å²) in [6.45, 7) is 0. The zero-order valence-corrected chi connectivity index (χ0v) is 6.93. The van der Waals surface area contributed by atoms with E-state index in [0.717, 1.165) is 0 Å². The molecule has 66 valence electrons. The molecule has 0 atom stereocenters. The number of nitrogens with zero attached hydrogens (tertiary/aromatic N) is 4. The third-order valence-electron chi connectivity index (χ3n) is 1.18. The number of hydrogen-bond donors (Lipinski definition) is 1. The Labute approximate surface area is 77.4 Å². The minimum absolute atomic E-state index is 0.00406. The van der Waals surface area contributed by atoms with Gasteiger partial charge in [0.05, 0.1) is 5.02 Å². The first-order valence-corrected chi connectivity index (χ1v) is 3.48.